The highest BCUT2D eigenvalue weighted by atomic mass is 16.5. The van der Waals surface area contributed by atoms with Crippen LogP contribution in [0, 0.1) is 0 Å². The van der Waals surface area contributed by atoms with Crippen molar-refractivity contribution in [2.24, 2.45) is 0 Å². The van der Waals surface area contributed by atoms with Crippen LogP contribution < -0.4 is 10.1 Å². The van der Waals surface area contributed by atoms with E-state index >= 15 is 0 Å². The Hall–Kier alpha value is -2.85. The lowest BCUT2D eigenvalue weighted by Crippen LogP contribution is -2.26. The maximum atomic E-state index is 12.3. The molecule has 0 aliphatic rings. The first-order valence-corrected chi connectivity index (χ1v) is 8.27. The predicted molar refractivity (Wildman–Crippen MR) is 98.9 cm³/mol. The van der Waals surface area contributed by atoms with Crippen LogP contribution in [0.2, 0.25) is 0 Å². The number of aliphatic hydroxyl groups is 1. The summed E-state index contributed by atoms with van der Waals surface area (Å²) in [7, 11) is 1.54. The molecule has 128 valence electrons. The highest BCUT2D eigenvalue weighted by Crippen LogP contribution is 2.26. The number of fused-ring (bicyclic) bond motifs is 1. The summed E-state index contributed by atoms with van der Waals surface area (Å²) in [6, 6.07) is 20.9. The molecule has 0 bridgehead atoms. The Morgan fingerprint density at radius 2 is 1.76 bits per heavy atom. The summed E-state index contributed by atoms with van der Waals surface area (Å²) in [5, 5.41) is 15.5. The van der Waals surface area contributed by atoms with Crippen molar-refractivity contribution in [1.29, 1.82) is 0 Å². The van der Waals surface area contributed by atoms with Crippen LogP contribution in [0.25, 0.3) is 10.8 Å². The van der Waals surface area contributed by atoms with Gasteiger partial charge in [0.05, 0.1) is 18.8 Å². The second-order valence-electron chi connectivity index (χ2n) is 5.83. The van der Waals surface area contributed by atoms with E-state index in [9.17, 15) is 9.90 Å². The molecule has 0 fully saturated rings. The minimum absolute atomic E-state index is 0.206. The van der Waals surface area contributed by atoms with Gasteiger partial charge in [0.25, 0.3) is 5.91 Å². The fourth-order valence-corrected chi connectivity index (χ4v) is 2.95. The molecule has 0 aromatic heterocycles. The van der Waals surface area contributed by atoms with Crippen LogP contribution in [0.4, 0.5) is 0 Å². The first kappa shape index (κ1) is 17.0. The molecule has 1 atom stereocenters. The lowest BCUT2D eigenvalue weighted by Gasteiger charge is -2.15. The number of nitrogens with one attached hydrogen (secondary N) is 1. The molecule has 0 heterocycles. The van der Waals surface area contributed by atoms with Crippen molar-refractivity contribution in [3.63, 3.8) is 0 Å². The van der Waals surface area contributed by atoms with Crippen LogP contribution in [-0.2, 0) is 0 Å². The van der Waals surface area contributed by atoms with E-state index in [2.05, 4.69) is 5.32 Å². The monoisotopic (exact) mass is 335 g/mol. The molecule has 0 saturated carbocycles. The maximum absolute atomic E-state index is 12.3. The number of para-hydroxylation sites is 1. The van der Waals surface area contributed by atoms with Crippen molar-refractivity contribution in [1.82, 2.24) is 5.32 Å². The van der Waals surface area contributed by atoms with Gasteiger partial charge in [0, 0.05) is 6.54 Å². The van der Waals surface area contributed by atoms with Gasteiger partial charge in [-0.25, -0.2) is 0 Å². The molecule has 3 rings (SSSR count). The molecular weight excluding hydrogens is 314 g/mol. The second-order valence-corrected chi connectivity index (χ2v) is 5.83. The van der Waals surface area contributed by atoms with E-state index in [-0.39, 0.29) is 5.91 Å². The van der Waals surface area contributed by atoms with Gasteiger partial charge in [-0.15, -0.1) is 0 Å². The van der Waals surface area contributed by atoms with E-state index < -0.39 is 6.10 Å². The number of benzene rings is 3. The molecule has 0 aliphatic heterocycles. The molecule has 3 aromatic rings. The average molecular weight is 335 g/mol. The molecule has 4 nitrogen and oxygen atoms in total. The van der Waals surface area contributed by atoms with E-state index in [1.165, 1.54) is 7.11 Å². The number of carbonyl (C=O) groups is 1. The van der Waals surface area contributed by atoms with Crippen LogP contribution >= 0.6 is 0 Å². The van der Waals surface area contributed by atoms with Crippen molar-refractivity contribution in [2.45, 2.75) is 12.5 Å². The highest BCUT2D eigenvalue weighted by Gasteiger charge is 2.14. The zero-order chi connectivity index (χ0) is 17.6. The van der Waals surface area contributed by atoms with Crippen molar-refractivity contribution in [3.8, 4) is 5.75 Å². The third kappa shape index (κ3) is 3.80. The normalized spacial score (nSPS) is 11.9. The summed E-state index contributed by atoms with van der Waals surface area (Å²) in [5.41, 5.74) is 1.37. The Labute approximate surface area is 147 Å². The summed E-state index contributed by atoms with van der Waals surface area (Å²) in [4.78, 5) is 12.3. The zero-order valence-electron chi connectivity index (χ0n) is 14.1. The van der Waals surface area contributed by atoms with Gasteiger partial charge in [-0.1, -0.05) is 54.6 Å². The number of hydrogen-bond acceptors (Lipinski definition) is 3. The number of amides is 1. The van der Waals surface area contributed by atoms with Crippen LogP contribution in [0.15, 0.2) is 66.7 Å². The molecule has 4 heteroatoms. The third-order valence-corrected chi connectivity index (χ3v) is 4.24. The standard InChI is InChI=1S/C21H21NO3/c1-25-20-12-5-4-10-18(20)21(24)22-14-13-19(23)17-11-6-8-15-7-2-3-9-16(15)17/h2-12,19,23H,13-14H2,1H3,(H,22,24)/t19-/m1/s1. The summed E-state index contributed by atoms with van der Waals surface area (Å²) >= 11 is 0. The quantitative estimate of drug-likeness (QED) is 0.722. The number of aliphatic hydroxyl groups excluding tert-OH is 1. The summed E-state index contributed by atoms with van der Waals surface area (Å²) < 4.78 is 5.20. The second kappa shape index (κ2) is 7.81. The average Bonchev–Trinajstić information content (AvgIpc) is 2.67. The van der Waals surface area contributed by atoms with E-state index in [4.69, 9.17) is 4.74 Å². The van der Waals surface area contributed by atoms with E-state index in [0.29, 0.717) is 24.3 Å². The summed E-state index contributed by atoms with van der Waals surface area (Å²) in [5.74, 6) is 0.331. The fourth-order valence-electron chi connectivity index (χ4n) is 2.95. The van der Waals surface area contributed by atoms with Crippen molar-refractivity contribution in [3.05, 3.63) is 77.9 Å². The van der Waals surface area contributed by atoms with Gasteiger partial charge < -0.3 is 15.2 Å². The SMILES string of the molecule is COc1ccccc1C(=O)NCC[C@@H](O)c1cccc2ccccc12. The van der Waals surface area contributed by atoms with Crippen molar-refractivity contribution < 1.29 is 14.6 Å². The molecule has 0 radical (unpaired) electrons. The molecule has 0 saturated heterocycles. The Balaban J connectivity index is 1.64. The van der Waals surface area contributed by atoms with Crippen LogP contribution in [0.3, 0.4) is 0 Å². The maximum Gasteiger partial charge on any atom is 0.255 e. The van der Waals surface area contributed by atoms with E-state index in [1.54, 1.807) is 18.2 Å². The van der Waals surface area contributed by atoms with Gasteiger partial charge in [-0.2, -0.15) is 0 Å². The Bertz CT molecular complexity index is 870. The number of ether oxygens (including phenoxy) is 1. The Kier molecular flexibility index (Phi) is 5.31. The largest absolute Gasteiger partial charge is 0.496 e. The third-order valence-electron chi connectivity index (χ3n) is 4.24. The van der Waals surface area contributed by atoms with Crippen LogP contribution in [-0.4, -0.2) is 24.7 Å². The van der Waals surface area contributed by atoms with Gasteiger partial charge in [0.2, 0.25) is 0 Å². The van der Waals surface area contributed by atoms with Gasteiger partial charge in [-0.3, -0.25) is 4.79 Å². The van der Waals surface area contributed by atoms with Gasteiger partial charge in [0.1, 0.15) is 5.75 Å². The summed E-state index contributed by atoms with van der Waals surface area (Å²) in [6.07, 6.45) is -0.196. The van der Waals surface area contributed by atoms with Crippen molar-refractivity contribution in [2.75, 3.05) is 13.7 Å². The first-order chi connectivity index (χ1) is 12.2. The Morgan fingerprint density at radius 1 is 1.04 bits per heavy atom. The van der Waals surface area contributed by atoms with Crippen LogP contribution in [0.5, 0.6) is 5.75 Å². The number of hydrogen-bond donors (Lipinski definition) is 2. The fraction of sp³-hybridized carbons (Fsp3) is 0.190. The number of rotatable bonds is 6. The molecule has 0 spiro atoms. The minimum atomic E-state index is -0.635. The topological polar surface area (TPSA) is 58.6 Å². The minimum Gasteiger partial charge on any atom is -0.496 e. The van der Waals surface area contributed by atoms with Gasteiger partial charge in [-0.05, 0) is 34.9 Å². The first-order valence-electron chi connectivity index (χ1n) is 8.27. The van der Waals surface area contributed by atoms with Crippen molar-refractivity contribution >= 4 is 16.7 Å². The van der Waals surface area contributed by atoms with E-state index in [1.807, 2.05) is 48.5 Å². The van der Waals surface area contributed by atoms with Gasteiger partial charge in [0.15, 0.2) is 0 Å². The van der Waals surface area contributed by atoms with E-state index in [0.717, 1.165) is 16.3 Å². The van der Waals surface area contributed by atoms with Gasteiger partial charge >= 0.3 is 0 Å². The predicted octanol–water partition coefficient (Wildman–Crippen LogP) is 3.70. The zero-order valence-corrected chi connectivity index (χ0v) is 14.1. The molecular formula is C21H21NO3. The number of methoxy groups -OCH3 is 1. The highest BCUT2D eigenvalue weighted by molar-refractivity contribution is 5.96. The molecule has 25 heavy (non-hydrogen) atoms. The molecule has 0 unspecified atom stereocenters. The lowest BCUT2D eigenvalue weighted by molar-refractivity contribution is 0.0940. The molecule has 1 amide bonds. The molecule has 2 N–H and O–H groups in total. The number of carbonyl (C=O) groups excluding carboxylic acids is 1. The van der Waals surface area contributed by atoms with Crippen LogP contribution in [0.1, 0.15) is 28.4 Å². The summed E-state index contributed by atoms with van der Waals surface area (Å²) in [6.45, 7) is 0.376. The smallest absolute Gasteiger partial charge is 0.255 e. The molecule has 3 aromatic carbocycles. The Morgan fingerprint density at radius 3 is 2.60 bits per heavy atom. The molecule has 0 aliphatic carbocycles. The lowest BCUT2D eigenvalue weighted by atomic mass is 9.99.